The molecule has 9 heteroatoms. The maximum atomic E-state index is 13.9. The number of phenols is 1. The Bertz CT molecular complexity index is 1010. The summed E-state index contributed by atoms with van der Waals surface area (Å²) in [6, 6.07) is 13.9. The lowest BCUT2D eigenvalue weighted by Crippen LogP contribution is -2.53. The van der Waals surface area contributed by atoms with Gasteiger partial charge >= 0.3 is 6.09 Å². The maximum Gasteiger partial charge on any atom is 0.408 e. The van der Waals surface area contributed by atoms with E-state index in [-0.39, 0.29) is 17.6 Å². The average Bonchev–Trinajstić information content (AvgIpc) is 2.85. The number of amides is 3. The predicted octanol–water partition coefficient (Wildman–Crippen LogP) is 4.63. The van der Waals surface area contributed by atoms with Gasteiger partial charge in [-0.1, -0.05) is 49.4 Å². The summed E-state index contributed by atoms with van der Waals surface area (Å²) < 4.78 is 5.40. The van der Waals surface area contributed by atoms with Crippen molar-refractivity contribution >= 4 is 29.7 Å². The second-order valence-corrected chi connectivity index (χ2v) is 10.7. The van der Waals surface area contributed by atoms with Crippen LogP contribution in [0.4, 0.5) is 4.79 Å². The number of hydrogen-bond donors (Lipinski definition) is 3. The van der Waals surface area contributed by atoms with Crippen LogP contribution in [0.2, 0.25) is 0 Å². The number of phenolic OH excluding ortho intramolecular Hbond substituents is 1. The molecule has 0 fully saturated rings. The Hall–Kier alpha value is -3.20. The van der Waals surface area contributed by atoms with Crippen molar-refractivity contribution in [3.63, 3.8) is 0 Å². The van der Waals surface area contributed by atoms with E-state index in [0.717, 1.165) is 5.56 Å². The lowest BCUT2D eigenvalue weighted by atomic mass is 10.0. The number of rotatable bonds is 12. The van der Waals surface area contributed by atoms with Crippen molar-refractivity contribution in [2.75, 3.05) is 18.6 Å². The lowest BCUT2D eigenvalue weighted by Gasteiger charge is -2.34. The Morgan fingerprint density at radius 3 is 2.27 bits per heavy atom. The third kappa shape index (κ3) is 9.99. The number of alkyl carbamates (subject to hydrolysis) is 1. The van der Waals surface area contributed by atoms with Crippen LogP contribution in [-0.2, 0) is 20.9 Å². The molecule has 0 bridgehead atoms. The molecule has 0 aliphatic heterocycles. The first-order chi connectivity index (χ1) is 17.6. The molecule has 0 aromatic heterocycles. The smallest absolute Gasteiger partial charge is 0.408 e. The monoisotopic (exact) mass is 529 g/mol. The van der Waals surface area contributed by atoms with Gasteiger partial charge in [0.1, 0.15) is 23.4 Å². The van der Waals surface area contributed by atoms with Crippen molar-refractivity contribution in [2.24, 2.45) is 0 Å². The number of nitrogens with zero attached hydrogens (tertiary/aromatic N) is 1. The highest BCUT2D eigenvalue weighted by atomic mass is 32.2. The van der Waals surface area contributed by atoms with Crippen LogP contribution in [0.25, 0.3) is 0 Å². The summed E-state index contributed by atoms with van der Waals surface area (Å²) in [4.78, 5) is 41.6. The maximum absolute atomic E-state index is 13.9. The van der Waals surface area contributed by atoms with E-state index < -0.39 is 23.8 Å². The Balaban J connectivity index is 2.39. The van der Waals surface area contributed by atoms with Gasteiger partial charge in [0.05, 0.1) is 0 Å². The summed E-state index contributed by atoms with van der Waals surface area (Å²) in [5, 5.41) is 15.5. The Morgan fingerprint density at radius 2 is 1.70 bits per heavy atom. The van der Waals surface area contributed by atoms with Gasteiger partial charge < -0.3 is 25.4 Å². The minimum Gasteiger partial charge on any atom is -0.508 e. The summed E-state index contributed by atoms with van der Waals surface area (Å²) in [6.45, 7) is 7.80. The summed E-state index contributed by atoms with van der Waals surface area (Å²) in [6.07, 6.45) is 2.23. The molecule has 3 N–H and O–H groups in total. The van der Waals surface area contributed by atoms with Gasteiger partial charge in [-0.3, -0.25) is 9.59 Å². The number of carbonyl (C=O) groups is 3. The number of thioether (sulfide) groups is 1. The molecule has 0 aliphatic carbocycles. The van der Waals surface area contributed by atoms with Crippen LogP contribution in [0.1, 0.15) is 57.7 Å². The fourth-order valence-corrected chi connectivity index (χ4v) is 4.23. The molecule has 0 heterocycles. The predicted molar refractivity (Wildman–Crippen MR) is 147 cm³/mol. The molecule has 2 aromatic rings. The molecule has 0 aliphatic rings. The molecule has 3 amide bonds. The van der Waals surface area contributed by atoms with Crippen molar-refractivity contribution in [3.05, 3.63) is 65.7 Å². The van der Waals surface area contributed by atoms with Crippen LogP contribution in [0, 0.1) is 0 Å². The topological polar surface area (TPSA) is 108 Å². The second kappa shape index (κ2) is 14.5. The SMILES string of the molecule is CCCN(C(=O)C(CCSC)NC(=O)OC(C)(C)C)C(C(=O)NCc1ccccc1)c1ccc(O)cc1. The van der Waals surface area contributed by atoms with Gasteiger partial charge in [-0.25, -0.2) is 4.79 Å². The van der Waals surface area contributed by atoms with Crippen LogP contribution in [0.3, 0.4) is 0 Å². The second-order valence-electron chi connectivity index (χ2n) is 9.71. The highest BCUT2D eigenvalue weighted by Gasteiger charge is 2.35. The van der Waals surface area contributed by atoms with E-state index in [1.807, 2.05) is 43.5 Å². The van der Waals surface area contributed by atoms with Gasteiger partial charge in [0.15, 0.2) is 0 Å². The summed E-state index contributed by atoms with van der Waals surface area (Å²) in [5.74, 6) is -0.0205. The van der Waals surface area contributed by atoms with E-state index in [0.29, 0.717) is 37.2 Å². The number of hydrogen-bond acceptors (Lipinski definition) is 6. The van der Waals surface area contributed by atoms with Crippen molar-refractivity contribution in [1.82, 2.24) is 15.5 Å². The minimum absolute atomic E-state index is 0.0602. The third-order valence-electron chi connectivity index (χ3n) is 5.43. The molecule has 202 valence electrons. The van der Waals surface area contributed by atoms with Crippen LogP contribution >= 0.6 is 11.8 Å². The van der Waals surface area contributed by atoms with Gasteiger partial charge in [-0.2, -0.15) is 11.8 Å². The normalized spacial score (nSPS) is 12.8. The van der Waals surface area contributed by atoms with E-state index in [4.69, 9.17) is 4.74 Å². The largest absolute Gasteiger partial charge is 0.508 e. The average molecular weight is 530 g/mol. The van der Waals surface area contributed by atoms with Crippen molar-refractivity contribution in [3.8, 4) is 5.75 Å². The fraction of sp³-hybridized carbons (Fsp3) is 0.464. The highest BCUT2D eigenvalue weighted by Crippen LogP contribution is 2.25. The standard InChI is InChI=1S/C28H39N3O5S/c1-6-17-31(26(34)23(16-18-37-5)30-27(35)36-28(2,3)4)24(21-12-14-22(32)15-13-21)25(33)29-19-20-10-8-7-9-11-20/h7-15,23-24,32H,6,16-19H2,1-5H3,(H,29,33)(H,30,35). The zero-order valence-corrected chi connectivity index (χ0v) is 23.1. The lowest BCUT2D eigenvalue weighted by molar-refractivity contribution is -0.142. The number of carbonyl (C=O) groups excluding carboxylic acids is 3. The van der Waals surface area contributed by atoms with E-state index in [1.54, 1.807) is 44.7 Å². The molecule has 2 aromatic carbocycles. The van der Waals surface area contributed by atoms with E-state index in [2.05, 4.69) is 10.6 Å². The van der Waals surface area contributed by atoms with E-state index >= 15 is 0 Å². The highest BCUT2D eigenvalue weighted by molar-refractivity contribution is 7.98. The number of benzene rings is 2. The molecule has 0 saturated carbocycles. The molecule has 8 nitrogen and oxygen atoms in total. The fourth-order valence-electron chi connectivity index (χ4n) is 3.76. The Kier molecular flexibility index (Phi) is 11.8. The quantitative estimate of drug-likeness (QED) is 0.370. The number of aromatic hydroxyl groups is 1. The molecule has 0 spiro atoms. The Morgan fingerprint density at radius 1 is 1.05 bits per heavy atom. The first-order valence-corrected chi connectivity index (χ1v) is 13.8. The van der Waals surface area contributed by atoms with Crippen LogP contribution < -0.4 is 10.6 Å². The molecule has 0 saturated heterocycles. The van der Waals surface area contributed by atoms with Crippen molar-refractivity contribution < 1.29 is 24.2 Å². The molecule has 37 heavy (non-hydrogen) atoms. The van der Waals surface area contributed by atoms with Crippen molar-refractivity contribution in [1.29, 1.82) is 0 Å². The summed E-state index contributed by atoms with van der Waals surface area (Å²) in [7, 11) is 0. The van der Waals surface area contributed by atoms with Gasteiger partial charge in [0, 0.05) is 13.1 Å². The van der Waals surface area contributed by atoms with E-state index in [9.17, 15) is 19.5 Å². The molecule has 0 radical (unpaired) electrons. The molecule has 2 atom stereocenters. The Labute approximate surface area is 224 Å². The van der Waals surface area contributed by atoms with E-state index in [1.165, 1.54) is 17.0 Å². The summed E-state index contributed by atoms with van der Waals surface area (Å²) >= 11 is 1.56. The molecular formula is C28H39N3O5S. The molecule has 2 unspecified atom stereocenters. The van der Waals surface area contributed by atoms with Gasteiger partial charge in [-0.15, -0.1) is 0 Å². The first-order valence-electron chi connectivity index (χ1n) is 12.4. The zero-order valence-electron chi connectivity index (χ0n) is 22.3. The number of nitrogens with one attached hydrogen (secondary N) is 2. The first kappa shape index (κ1) is 30.0. The van der Waals surface area contributed by atoms with Crippen LogP contribution in [-0.4, -0.2) is 58.1 Å². The third-order valence-corrected chi connectivity index (χ3v) is 6.07. The molecular weight excluding hydrogens is 490 g/mol. The van der Waals surface area contributed by atoms with Gasteiger partial charge in [0.25, 0.3) is 0 Å². The van der Waals surface area contributed by atoms with Crippen LogP contribution in [0.5, 0.6) is 5.75 Å². The molecule has 2 rings (SSSR count). The van der Waals surface area contributed by atoms with Gasteiger partial charge in [0.2, 0.25) is 11.8 Å². The summed E-state index contributed by atoms with van der Waals surface area (Å²) in [5.41, 5.74) is 0.774. The van der Waals surface area contributed by atoms with Crippen LogP contribution in [0.15, 0.2) is 54.6 Å². The zero-order chi connectivity index (χ0) is 27.4. The number of ether oxygens (including phenoxy) is 1. The van der Waals surface area contributed by atoms with Gasteiger partial charge in [-0.05, 0) is 68.9 Å². The minimum atomic E-state index is -0.950. The van der Waals surface area contributed by atoms with Crippen molar-refractivity contribution in [2.45, 2.75) is 64.8 Å².